The summed E-state index contributed by atoms with van der Waals surface area (Å²) in [4.78, 5) is 23.8. The molecular weight excluding hydrogens is 276 g/mol. The molecule has 1 aromatic rings. The van der Waals surface area contributed by atoms with Gasteiger partial charge in [0.25, 0.3) is 5.91 Å². The highest BCUT2D eigenvalue weighted by atomic mass is 32.1. The van der Waals surface area contributed by atoms with Gasteiger partial charge in [-0.25, -0.2) is 0 Å². The van der Waals surface area contributed by atoms with Crippen molar-refractivity contribution >= 4 is 23.2 Å². The predicted octanol–water partition coefficient (Wildman–Crippen LogP) is 0.723. The number of nitrogens with one attached hydrogen (secondary N) is 1. The second-order valence-corrected chi connectivity index (χ2v) is 5.82. The maximum absolute atomic E-state index is 11.9. The van der Waals surface area contributed by atoms with Crippen LogP contribution in [0.15, 0.2) is 11.4 Å². The molecule has 2 amide bonds. The van der Waals surface area contributed by atoms with Crippen LogP contribution in [0.4, 0.5) is 0 Å². The summed E-state index contributed by atoms with van der Waals surface area (Å²) >= 11 is 1.36. The summed E-state index contributed by atoms with van der Waals surface area (Å²) in [5.41, 5.74) is 4.96. The SMILES string of the molecule is CC(C)(CNC(=O)c1csc(C#CCCO)c1)C(N)=O. The molecule has 20 heavy (non-hydrogen) atoms. The van der Waals surface area contributed by atoms with Crippen LogP contribution in [0.3, 0.4) is 0 Å². The summed E-state index contributed by atoms with van der Waals surface area (Å²) in [6.07, 6.45) is 0.409. The molecule has 1 rings (SSSR count). The number of hydrogen-bond donors (Lipinski definition) is 3. The van der Waals surface area contributed by atoms with E-state index in [0.29, 0.717) is 12.0 Å². The van der Waals surface area contributed by atoms with Crippen molar-refractivity contribution in [3.8, 4) is 11.8 Å². The van der Waals surface area contributed by atoms with E-state index in [9.17, 15) is 9.59 Å². The van der Waals surface area contributed by atoms with Crippen molar-refractivity contribution in [2.75, 3.05) is 13.2 Å². The standard InChI is InChI=1S/C14H18N2O3S/c1-14(2,13(15)19)9-16-12(18)10-7-11(20-8-10)5-3-4-6-17/h7-8,17H,4,6,9H2,1-2H3,(H2,15,19)(H,16,18). The molecule has 1 heterocycles. The molecule has 4 N–H and O–H groups in total. The molecule has 0 saturated heterocycles. The Kier molecular flexibility index (Phi) is 5.74. The Morgan fingerprint density at radius 3 is 2.80 bits per heavy atom. The number of carbonyl (C=O) groups is 2. The van der Waals surface area contributed by atoms with Crippen molar-refractivity contribution in [1.29, 1.82) is 0 Å². The average Bonchev–Trinajstić information content (AvgIpc) is 2.85. The second kappa shape index (κ2) is 7.08. The number of nitrogens with two attached hydrogens (primary N) is 1. The number of aliphatic hydroxyl groups excluding tert-OH is 1. The molecule has 0 aliphatic carbocycles. The maximum Gasteiger partial charge on any atom is 0.252 e. The molecule has 0 saturated carbocycles. The lowest BCUT2D eigenvalue weighted by Gasteiger charge is -2.20. The highest BCUT2D eigenvalue weighted by Gasteiger charge is 2.25. The average molecular weight is 294 g/mol. The van der Waals surface area contributed by atoms with Gasteiger partial charge in [-0.05, 0) is 19.9 Å². The molecular formula is C14H18N2O3S. The zero-order valence-corrected chi connectivity index (χ0v) is 12.3. The van der Waals surface area contributed by atoms with Gasteiger partial charge in [0, 0.05) is 18.3 Å². The molecule has 0 unspecified atom stereocenters. The molecule has 0 fully saturated rings. The zero-order valence-electron chi connectivity index (χ0n) is 11.5. The number of amides is 2. The molecule has 1 aromatic heterocycles. The largest absolute Gasteiger partial charge is 0.395 e. The first-order valence-corrected chi connectivity index (χ1v) is 7.01. The van der Waals surface area contributed by atoms with E-state index in [2.05, 4.69) is 17.2 Å². The van der Waals surface area contributed by atoms with Gasteiger partial charge in [-0.2, -0.15) is 0 Å². The van der Waals surface area contributed by atoms with Crippen molar-refractivity contribution in [3.05, 3.63) is 21.9 Å². The predicted molar refractivity (Wildman–Crippen MR) is 78.2 cm³/mol. The Labute approximate surface area is 122 Å². The quantitative estimate of drug-likeness (QED) is 0.699. The van der Waals surface area contributed by atoms with Crippen LogP contribution in [0, 0.1) is 17.3 Å². The maximum atomic E-state index is 11.9. The summed E-state index contributed by atoms with van der Waals surface area (Å²) in [5.74, 6) is 4.94. The normalized spacial score (nSPS) is 10.6. The minimum Gasteiger partial charge on any atom is -0.395 e. The van der Waals surface area contributed by atoms with E-state index in [1.807, 2.05) is 0 Å². The Morgan fingerprint density at radius 1 is 1.50 bits per heavy atom. The molecule has 5 nitrogen and oxygen atoms in total. The number of thiophene rings is 1. The molecule has 0 aliphatic rings. The van der Waals surface area contributed by atoms with Crippen LogP contribution in [0.2, 0.25) is 0 Å². The molecule has 108 valence electrons. The van der Waals surface area contributed by atoms with Gasteiger partial charge >= 0.3 is 0 Å². The number of carbonyl (C=O) groups excluding carboxylic acids is 2. The fourth-order valence-corrected chi connectivity index (χ4v) is 1.97. The highest BCUT2D eigenvalue weighted by Crippen LogP contribution is 2.15. The molecule has 0 aliphatic heterocycles. The van der Waals surface area contributed by atoms with E-state index < -0.39 is 11.3 Å². The number of primary amides is 1. The van der Waals surface area contributed by atoms with Gasteiger partial charge in [0.1, 0.15) is 0 Å². The Morgan fingerprint density at radius 2 is 2.20 bits per heavy atom. The fourth-order valence-electron chi connectivity index (χ4n) is 1.22. The number of aliphatic hydroxyl groups is 1. The van der Waals surface area contributed by atoms with Crippen LogP contribution in [-0.4, -0.2) is 30.1 Å². The summed E-state index contributed by atoms with van der Waals surface area (Å²) in [5, 5.41) is 13.0. The Bertz CT molecular complexity index is 552. The van der Waals surface area contributed by atoms with Crippen LogP contribution in [0.1, 0.15) is 35.5 Å². The zero-order chi connectivity index (χ0) is 15.2. The molecule has 0 spiro atoms. The second-order valence-electron chi connectivity index (χ2n) is 4.91. The third-order valence-corrected chi connectivity index (χ3v) is 3.51. The van der Waals surface area contributed by atoms with Crippen LogP contribution in [-0.2, 0) is 4.79 Å². The molecule has 0 bridgehead atoms. The number of rotatable bonds is 5. The van der Waals surface area contributed by atoms with Crippen molar-refractivity contribution < 1.29 is 14.7 Å². The first kappa shape index (κ1) is 16.2. The highest BCUT2D eigenvalue weighted by molar-refractivity contribution is 7.10. The summed E-state index contributed by atoms with van der Waals surface area (Å²) in [6, 6.07) is 1.68. The minimum atomic E-state index is -0.782. The smallest absolute Gasteiger partial charge is 0.252 e. The van der Waals surface area contributed by atoms with Gasteiger partial charge < -0.3 is 16.2 Å². The van der Waals surface area contributed by atoms with Gasteiger partial charge in [0.2, 0.25) is 5.91 Å². The minimum absolute atomic E-state index is 0.0217. The lowest BCUT2D eigenvalue weighted by Crippen LogP contribution is -2.42. The third kappa shape index (κ3) is 4.68. The first-order valence-electron chi connectivity index (χ1n) is 6.13. The van der Waals surface area contributed by atoms with Gasteiger partial charge in [-0.1, -0.05) is 11.8 Å². The van der Waals surface area contributed by atoms with Gasteiger partial charge in [0.15, 0.2) is 0 Å². The van der Waals surface area contributed by atoms with Gasteiger partial charge in [0.05, 0.1) is 22.5 Å². The summed E-state index contributed by atoms with van der Waals surface area (Å²) in [7, 11) is 0. The third-order valence-electron chi connectivity index (χ3n) is 2.67. The number of hydrogen-bond acceptors (Lipinski definition) is 4. The van der Waals surface area contributed by atoms with E-state index in [1.54, 1.807) is 25.3 Å². The van der Waals surface area contributed by atoms with E-state index in [0.717, 1.165) is 4.88 Å². The van der Waals surface area contributed by atoms with E-state index in [1.165, 1.54) is 11.3 Å². The lowest BCUT2D eigenvalue weighted by molar-refractivity contribution is -0.125. The Hall–Kier alpha value is -1.84. The lowest BCUT2D eigenvalue weighted by atomic mass is 9.93. The molecule has 0 aromatic carbocycles. The molecule has 0 radical (unpaired) electrons. The van der Waals surface area contributed by atoms with Crippen LogP contribution in [0.25, 0.3) is 0 Å². The van der Waals surface area contributed by atoms with Crippen LogP contribution < -0.4 is 11.1 Å². The van der Waals surface area contributed by atoms with Crippen molar-refractivity contribution in [1.82, 2.24) is 5.32 Å². The fraction of sp³-hybridized carbons (Fsp3) is 0.429. The van der Waals surface area contributed by atoms with Crippen molar-refractivity contribution in [3.63, 3.8) is 0 Å². The summed E-state index contributed by atoms with van der Waals surface area (Å²) < 4.78 is 0. The molecule has 0 atom stereocenters. The topological polar surface area (TPSA) is 92.4 Å². The van der Waals surface area contributed by atoms with Crippen LogP contribution >= 0.6 is 11.3 Å². The van der Waals surface area contributed by atoms with Gasteiger partial charge in [-0.15, -0.1) is 11.3 Å². The Balaban J connectivity index is 2.61. The van der Waals surface area contributed by atoms with E-state index in [-0.39, 0.29) is 19.1 Å². The van der Waals surface area contributed by atoms with E-state index in [4.69, 9.17) is 10.8 Å². The van der Waals surface area contributed by atoms with E-state index >= 15 is 0 Å². The van der Waals surface area contributed by atoms with Crippen molar-refractivity contribution in [2.24, 2.45) is 11.1 Å². The molecule has 6 heteroatoms. The summed E-state index contributed by atoms with van der Waals surface area (Å²) in [6.45, 7) is 3.56. The monoisotopic (exact) mass is 294 g/mol. The van der Waals surface area contributed by atoms with Crippen LogP contribution in [0.5, 0.6) is 0 Å². The first-order chi connectivity index (χ1) is 9.36. The van der Waals surface area contributed by atoms with Gasteiger partial charge in [-0.3, -0.25) is 9.59 Å². The van der Waals surface area contributed by atoms with Crippen molar-refractivity contribution in [2.45, 2.75) is 20.3 Å².